The molecule has 1 heterocycles. The summed E-state index contributed by atoms with van der Waals surface area (Å²) >= 11 is 0. The molecule has 0 amide bonds. The molecule has 5 nitrogen and oxygen atoms in total. The van der Waals surface area contributed by atoms with E-state index in [2.05, 4.69) is 41.6 Å². The molecule has 5 heteroatoms. The molecule has 1 N–H and O–H groups in total. The summed E-state index contributed by atoms with van der Waals surface area (Å²) in [6.45, 7) is 5.77. The minimum Gasteiger partial charge on any atom is -0.487 e. The normalized spacial score (nSPS) is 12.3. The predicted octanol–water partition coefficient (Wildman–Crippen LogP) is 1.93. The Hall–Kier alpha value is -1.88. The lowest BCUT2D eigenvalue weighted by atomic mass is 10.1. The Labute approximate surface area is 120 Å². The molecular formula is C15H22N4O. The molecule has 1 aromatic carbocycles. The van der Waals surface area contributed by atoms with Gasteiger partial charge in [0.05, 0.1) is 6.20 Å². The fourth-order valence-corrected chi connectivity index (χ4v) is 2.11. The third-order valence-corrected chi connectivity index (χ3v) is 3.05. The van der Waals surface area contributed by atoms with E-state index in [4.69, 9.17) is 4.74 Å². The molecule has 0 bridgehead atoms. The quantitative estimate of drug-likeness (QED) is 0.838. The predicted molar refractivity (Wildman–Crippen MR) is 78.6 cm³/mol. The van der Waals surface area contributed by atoms with Gasteiger partial charge in [0, 0.05) is 13.1 Å². The number of rotatable bonds is 7. The second-order valence-corrected chi connectivity index (χ2v) is 4.98. The minimum absolute atomic E-state index is 0.445. The molecule has 0 aliphatic heterocycles. The number of nitrogens with zero attached hydrogens (tertiary/aromatic N) is 3. The zero-order valence-electron chi connectivity index (χ0n) is 12.3. The highest BCUT2D eigenvalue weighted by atomic mass is 16.5. The fourth-order valence-electron chi connectivity index (χ4n) is 2.11. The lowest BCUT2D eigenvalue weighted by Crippen LogP contribution is -2.27. The van der Waals surface area contributed by atoms with Gasteiger partial charge in [-0.15, -0.1) is 5.10 Å². The first-order chi connectivity index (χ1) is 9.67. The zero-order chi connectivity index (χ0) is 14.4. The number of nitrogens with one attached hydrogen (secondary N) is 1. The van der Waals surface area contributed by atoms with Gasteiger partial charge in [-0.1, -0.05) is 24.3 Å². The van der Waals surface area contributed by atoms with E-state index in [0.29, 0.717) is 12.6 Å². The molecule has 0 saturated heterocycles. The lowest BCUT2D eigenvalue weighted by Gasteiger charge is -2.12. The molecule has 2 aromatic rings. The molecule has 1 atom stereocenters. The second kappa shape index (κ2) is 7.05. The first-order valence-electron chi connectivity index (χ1n) is 6.97. The molecule has 0 aliphatic rings. The average molecular weight is 274 g/mol. The average Bonchev–Trinajstić information content (AvgIpc) is 2.84. The highest BCUT2D eigenvalue weighted by Gasteiger charge is 2.03. The highest BCUT2D eigenvalue weighted by molar-refractivity contribution is 5.27. The first-order valence-corrected chi connectivity index (χ1v) is 6.97. The third kappa shape index (κ3) is 4.35. The maximum absolute atomic E-state index is 5.68. The monoisotopic (exact) mass is 274 g/mol. The van der Waals surface area contributed by atoms with Crippen LogP contribution in [0.2, 0.25) is 0 Å². The third-order valence-electron chi connectivity index (χ3n) is 3.05. The summed E-state index contributed by atoms with van der Waals surface area (Å²) in [6.07, 6.45) is 2.88. The number of likely N-dealkylation sites (N-methyl/N-ethyl adjacent to an activating group) is 1. The van der Waals surface area contributed by atoms with Crippen molar-refractivity contribution < 1.29 is 4.74 Å². The Morgan fingerprint density at radius 3 is 2.65 bits per heavy atom. The van der Waals surface area contributed by atoms with Crippen LogP contribution in [-0.4, -0.2) is 27.6 Å². The number of aromatic nitrogens is 3. The van der Waals surface area contributed by atoms with Crippen molar-refractivity contribution in [3.8, 4) is 5.75 Å². The van der Waals surface area contributed by atoms with Gasteiger partial charge in [-0.25, -0.2) is 0 Å². The van der Waals surface area contributed by atoms with Crippen LogP contribution in [0.3, 0.4) is 0 Å². The summed E-state index contributed by atoms with van der Waals surface area (Å²) in [5.74, 6) is 0.857. The van der Waals surface area contributed by atoms with Crippen LogP contribution >= 0.6 is 0 Å². The molecule has 0 saturated carbocycles. The molecule has 1 aromatic heterocycles. The molecule has 2 rings (SSSR count). The van der Waals surface area contributed by atoms with Gasteiger partial charge in [0.25, 0.3) is 0 Å². The van der Waals surface area contributed by atoms with E-state index in [1.807, 2.05) is 25.4 Å². The van der Waals surface area contributed by atoms with Crippen LogP contribution in [-0.2, 0) is 20.1 Å². The Bertz CT molecular complexity index is 521. The molecule has 1 unspecified atom stereocenters. The van der Waals surface area contributed by atoms with Crippen LogP contribution in [0.15, 0.2) is 30.5 Å². The second-order valence-electron chi connectivity index (χ2n) is 4.98. The van der Waals surface area contributed by atoms with Crippen LogP contribution in [0.4, 0.5) is 0 Å². The summed E-state index contributed by atoms with van der Waals surface area (Å²) in [7, 11) is 1.84. The van der Waals surface area contributed by atoms with E-state index >= 15 is 0 Å². The Morgan fingerprint density at radius 1 is 1.30 bits per heavy atom. The molecular weight excluding hydrogens is 252 g/mol. The van der Waals surface area contributed by atoms with Crippen LogP contribution in [0.5, 0.6) is 5.75 Å². The number of aryl methyl sites for hydroxylation is 1. The number of hydrogen-bond donors (Lipinski definition) is 1. The summed E-state index contributed by atoms with van der Waals surface area (Å²) in [6, 6.07) is 8.72. The topological polar surface area (TPSA) is 52.0 Å². The van der Waals surface area contributed by atoms with E-state index in [-0.39, 0.29) is 0 Å². The van der Waals surface area contributed by atoms with E-state index in [0.717, 1.165) is 24.4 Å². The minimum atomic E-state index is 0.445. The van der Waals surface area contributed by atoms with Crippen molar-refractivity contribution in [3.05, 3.63) is 41.7 Å². The van der Waals surface area contributed by atoms with Gasteiger partial charge >= 0.3 is 0 Å². The van der Waals surface area contributed by atoms with Crippen molar-refractivity contribution >= 4 is 0 Å². The van der Waals surface area contributed by atoms with Gasteiger partial charge in [-0.2, -0.15) is 0 Å². The smallest absolute Gasteiger partial charge is 0.134 e. The van der Waals surface area contributed by atoms with E-state index in [1.165, 1.54) is 5.56 Å². The molecule has 20 heavy (non-hydrogen) atoms. The largest absolute Gasteiger partial charge is 0.487 e. The van der Waals surface area contributed by atoms with Gasteiger partial charge in [-0.3, -0.25) is 4.68 Å². The van der Waals surface area contributed by atoms with Crippen LogP contribution in [0.1, 0.15) is 25.1 Å². The van der Waals surface area contributed by atoms with Crippen LogP contribution in [0, 0.1) is 0 Å². The van der Waals surface area contributed by atoms with E-state index < -0.39 is 0 Å². The van der Waals surface area contributed by atoms with Gasteiger partial charge in [0.15, 0.2) is 0 Å². The SMILES string of the molecule is CCNC(C)Cc1ccc(OCc2cn(C)nn2)cc1. The highest BCUT2D eigenvalue weighted by Crippen LogP contribution is 2.14. The number of ether oxygens (including phenoxy) is 1. The molecule has 108 valence electrons. The summed E-state index contributed by atoms with van der Waals surface area (Å²) in [5, 5.41) is 11.3. The van der Waals surface area contributed by atoms with Crippen molar-refractivity contribution in [2.24, 2.45) is 7.05 Å². The Morgan fingerprint density at radius 2 is 2.05 bits per heavy atom. The maximum Gasteiger partial charge on any atom is 0.134 e. The van der Waals surface area contributed by atoms with Crippen molar-refractivity contribution in [1.82, 2.24) is 20.3 Å². The molecule has 0 radical (unpaired) electrons. The molecule has 0 aliphatic carbocycles. The number of benzene rings is 1. The van der Waals surface area contributed by atoms with Crippen LogP contribution in [0.25, 0.3) is 0 Å². The maximum atomic E-state index is 5.68. The lowest BCUT2D eigenvalue weighted by molar-refractivity contribution is 0.301. The summed E-state index contributed by atoms with van der Waals surface area (Å²) < 4.78 is 7.35. The zero-order valence-corrected chi connectivity index (χ0v) is 12.3. The van der Waals surface area contributed by atoms with Crippen molar-refractivity contribution in [3.63, 3.8) is 0 Å². The van der Waals surface area contributed by atoms with Crippen LogP contribution < -0.4 is 10.1 Å². The number of hydrogen-bond acceptors (Lipinski definition) is 4. The molecule has 0 fully saturated rings. The Balaban J connectivity index is 1.85. The fraction of sp³-hybridized carbons (Fsp3) is 0.467. The molecule has 0 spiro atoms. The van der Waals surface area contributed by atoms with E-state index in [1.54, 1.807) is 4.68 Å². The van der Waals surface area contributed by atoms with Gasteiger partial charge in [-0.05, 0) is 37.6 Å². The van der Waals surface area contributed by atoms with Crippen molar-refractivity contribution in [2.45, 2.75) is 32.9 Å². The summed E-state index contributed by atoms with van der Waals surface area (Å²) in [5.41, 5.74) is 2.14. The summed E-state index contributed by atoms with van der Waals surface area (Å²) in [4.78, 5) is 0. The van der Waals surface area contributed by atoms with Crippen molar-refractivity contribution in [1.29, 1.82) is 0 Å². The standard InChI is InChI=1S/C15H22N4O/c1-4-16-12(2)9-13-5-7-15(8-6-13)20-11-14-10-19(3)18-17-14/h5-8,10,12,16H,4,9,11H2,1-3H3. The van der Waals surface area contributed by atoms with E-state index in [9.17, 15) is 0 Å². The van der Waals surface area contributed by atoms with Crippen molar-refractivity contribution in [2.75, 3.05) is 6.54 Å². The van der Waals surface area contributed by atoms with Gasteiger partial charge in [0.2, 0.25) is 0 Å². The first kappa shape index (κ1) is 14.5. The van der Waals surface area contributed by atoms with Gasteiger partial charge < -0.3 is 10.1 Å². The Kier molecular flexibility index (Phi) is 5.12. The van der Waals surface area contributed by atoms with Gasteiger partial charge in [0.1, 0.15) is 18.1 Å².